The summed E-state index contributed by atoms with van der Waals surface area (Å²) in [6.45, 7) is 1.41. The van der Waals surface area contributed by atoms with Crippen LogP contribution in [0.25, 0.3) is 0 Å². The lowest BCUT2D eigenvalue weighted by molar-refractivity contribution is 0.0841. The molecular formula is C17H14O6. The standard InChI is InChI=1S/C17H14O6/c1-8-15(21)11(7-18)17-14(16(8)22)12(20)6-13(23-17)9-2-4-10(19)5-3-9/h2-5,7,13,19,21-22H,6H2,1H3. The zero-order valence-corrected chi connectivity index (χ0v) is 12.2. The summed E-state index contributed by atoms with van der Waals surface area (Å²) >= 11 is 0. The lowest BCUT2D eigenvalue weighted by Crippen LogP contribution is -2.22. The molecule has 0 fully saturated rings. The summed E-state index contributed by atoms with van der Waals surface area (Å²) in [4.78, 5) is 23.7. The van der Waals surface area contributed by atoms with E-state index in [4.69, 9.17) is 4.74 Å². The first-order chi connectivity index (χ1) is 10.9. The Morgan fingerprint density at radius 2 is 1.78 bits per heavy atom. The van der Waals surface area contributed by atoms with Gasteiger partial charge in [0.05, 0.1) is 12.0 Å². The van der Waals surface area contributed by atoms with Gasteiger partial charge in [-0.05, 0) is 24.6 Å². The minimum atomic E-state index is -0.671. The van der Waals surface area contributed by atoms with E-state index in [0.717, 1.165) is 0 Å². The van der Waals surface area contributed by atoms with Gasteiger partial charge in [0, 0.05) is 5.56 Å². The maximum atomic E-state index is 12.4. The first-order valence-corrected chi connectivity index (χ1v) is 6.96. The number of carbonyl (C=O) groups excluding carboxylic acids is 2. The average molecular weight is 314 g/mol. The van der Waals surface area contributed by atoms with Crippen LogP contribution in [-0.4, -0.2) is 27.4 Å². The van der Waals surface area contributed by atoms with Crippen LogP contribution in [0.4, 0.5) is 0 Å². The van der Waals surface area contributed by atoms with Crippen LogP contribution < -0.4 is 4.74 Å². The Balaban J connectivity index is 2.14. The topological polar surface area (TPSA) is 104 Å². The van der Waals surface area contributed by atoms with E-state index in [1.165, 1.54) is 19.1 Å². The van der Waals surface area contributed by atoms with Gasteiger partial charge in [0.25, 0.3) is 0 Å². The average Bonchev–Trinajstić information content (AvgIpc) is 2.53. The lowest BCUT2D eigenvalue weighted by Gasteiger charge is -2.28. The van der Waals surface area contributed by atoms with Crippen molar-refractivity contribution >= 4 is 12.1 Å². The smallest absolute Gasteiger partial charge is 0.174 e. The maximum absolute atomic E-state index is 12.4. The molecule has 0 aliphatic carbocycles. The third-order valence-electron chi connectivity index (χ3n) is 3.97. The minimum absolute atomic E-state index is 0.0200. The van der Waals surface area contributed by atoms with Crippen molar-refractivity contribution in [1.82, 2.24) is 0 Å². The number of benzene rings is 2. The fourth-order valence-corrected chi connectivity index (χ4v) is 2.67. The summed E-state index contributed by atoms with van der Waals surface area (Å²) in [5.74, 6) is -1.20. The molecule has 1 heterocycles. The van der Waals surface area contributed by atoms with Gasteiger partial charge in [-0.15, -0.1) is 0 Å². The molecule has 6 heteroatoms. The molecular weight excluding hydrogens is 300 g/mol. The Bertz CT molecular complexity index is 807. The number of phenols is 3. The zero-order chi connectivity index (χ0) is 16.7. The van der Waals surface area contributed by atoms with Gasteiger partial charge in [-0.1, -0.05) is 12.1 Å². The van der Waals surface area contributed by atoms with Crippen LogP contribution in [0.15, 0.2) is 24.3 Å². The Hall–Kier alpha value is -3.02. The monoisotopic (exact) mass is 314 g/mol. The highest BCUT2D eigenvalue weighted by atomic mass is 16.5. The minimum Gasteiger partial charge on any atom is -0.508 e. The molecule has 1 aliphatic heterocycles. The van der Waals surface area contributed by atoms with Crippen LogP contribution in [0.2, 0.25) is 0 Å². The van der Waals surface area contributed by atoms with E-state index in [1.54, 1.807) is 12.1 Å². The van der Waals surface area contributed by atoms with E-state index in [9.17, 15) is 24.9 Å². The quantitative estimate of drug-likeness (QED) is 0.736. The number of aldehydes is 1. The Labute approximate surface area is 131 Å². The van der Waals surface area contributed by atoms with Crippen LogP contribution >= 0.6 is 0 Å². The van der Waals surface area contributed by atoms with Crippen molar-refractivity contribution < 1.29 is 29.6 Å². The number of hydrogen-bond acceptors (Lipinski definition) is 6. The number of rotatable bonds is 2. The van der Waals surface area contributed by atoms with Gasteiger partial charge in [0.15, 0.2) is 12.1 Å². The number of aromatic hydroxyl groups is 3. The molecule has 6 nitrogen and oxygen atoms in total. The fourth-order valence-electron chi connectivity index (χ4n) is 2.67. The van der Waals surface area contributed by atoms with Crippen LogP contribution in [0.1, 0.15) is 44.4 Å². The molecule has 3 rings (SSSR count). The Kier molecular flexibility index (Phi) is 3.44. The van der Waals surface area contributed by atoms with Gasteiger partial charge in [-0.3, -0.25) is 9.59 Å². The number of carbonyl (C=O) groups is 2. The van der Waals surface area contributed by atoms with E-state index < -0.39 is 11.9 Å². The third kappa shape index (κ3) is 2.28. The van der Waals surface area contributed by atoms with Crippen molar-refractivity contribution in [3.8, 4) is 23.0 Å². The fraction of sp³-hybridized carbons (Fsp3) is 0.176. The maximum Gasteiger partial charge on any atom is 0.174 e. The van der Waals surface area contributed by atoms with Crippen molar-refractivity contribution in [3.63, 3.8) is 0 Å². The number of fused-ring (bicyclic) bond motifs is 1. The Morgan fingerprint density at radius 1 is 1.13 bits per heavy atom. The molecule has 0 aromatic heterocycles. The number of ketones is 1. The summed E-state index contributed by atoms with van der Waals surface area (Å²) in [6, 6.07) is 6.13. The van der Waals surface area contributed by atoms with Gasteiger partial charge >= 0.3 is 0 Å². The van der Waals surface area contributed by atoms with Gasteiger partial charge in [-0.25, -0.2) is 0 Å². The summed E-state index contributed by atoms with van der Waals surface area (Å²) in [6.07, 6.45) is -0.295. The molecule has 118 valence electrons. The molecule has 0 saturated carbocycles. The SMILES string of the molecule is Cc1c(O)c(C=O)c2c(c1O)C(=O)CC(c1ccc(O)cc1)O2. The largest absolute Gasteiger partial charge is 0.508 e. The van der Waals surface area contributed by atoms with Crippen molar-refractivity contribution in [3.05, 3.63) is 46.5 Å². The van der Waals surface area contributed by atoms with Crippen LogP contribution in [-0.2, 0) is 0 Å². The third-order valence-corrected chi connectivity index (χ3v) is 3.97. The molecule has 0 amide bonds. The van der Waals surface area contributed by atoms with E-state index in [2.05, 4.69) is 0 Å². The van der Waals surface area contributed by atoms with Gasteiger partial charge in [-0.2, -0.15) is 0 Å². The highest BCUT2D eigenvalue weighted by Crippen LogP contribution is 2.46. The summed E-state index contributed by atoms with van der Waals surface area (Å²) in [5, 5.41) is 29.4. The molecule has 0 radical (unpaired) electrons. The summed E-state index contributed by atoms with van der Waals surface area (Å²) < 4.78 is 5.71. The predicted octanol–water partition coefficient (Wildman–Crippen LogP) is 2.63. The van der Waals surface area contributed by atoms with Gasteiger partial charge in [0.2, 0.25) is 0 Å². The molecule has 0 saturated heterocycles. The van der Waals surface area contributed by atoms with Gasteiger partial charge in [0.1, 0.15) is 34.7 Å². The molecule has 1 unspecified atom stereocenters. The molecule has 1 aliphatic rings. The van der Waals surface area contributed by atoms with E-state index in [0.29, 0.717) is 11.8 Å². The molecule has 2 aromatic rings. The zero-order valence-electron chi connectivity index (χ0n) is 12.2. The molecule has 3 N–H and O–H groups in total. The number of Topliss-reactive ketones (excluding diaryl/α,β-unsaturated/α-hetero) is 1. The van der Waals surface area contributed by atoms with Crippen LogP contribution in [0.5, 0.6) is 23.0 Å². The molecule has 23 heavy (non-hydrogen) atoms. The molecule has 0 spiro atoms. The number of phenolic OH excluding ortho intramolecular Hbond substituents is 3. The highest BCUT2D eigenvalue weighted by molar-refractivity contribution is 6.06. The summed E-state index contributed by atoms with van der Waals surface area (Å²) in [5.41, 5.74) is 0.452. The van der Waals surface area contributed by atoms with E-state index >= 15 is 0 Å². The number of ether oxygens (including phenoxy) is 1. The molecule has 0 bridgehead atoms. The van der Waals surface area contributed by atoms with Crippen molar-refractivity contribution in [2.45, 2.75) is 19.4 Å². The van der Waals surface area contributed by atoms with E-state index in [1.807, 2.05) is 0 Å². The van der Waals surface area contributed by atoms with Crippen LogP contribution in [0.3, 0.4) is 0 Å². The van der Waals surface area contributed by atoms with Crippen LogP contribution in [0, 0.1) is 6.92 Å². The molecule has 1 atom stereocenters. The predicted molar refractivity (Wildman–Crippen MR) is 80.3 cm³/mol. The first-order valence-electron chi connectivity index (χ1n) is 6.96. The van der Waals surface area contributed by atoms with Crippen molar-refractivity contribution in [2.75, 3.05) is 0 Å². The summed E-state index contributed by atoms with van der Waals surface area (Å²) in [7, 11) is 0. The normalized spacial score (nSPS) is 16.6. The second-order valence-electron chi connectivity index (χ2n) is 5.38. The van der Waals surface area contributed by atoms with Gasteiger partial charge < -0.3 is 20.1 Å². The first kappa shape index (κ1) is 14.9. The van der Waals surface area contributed by atoms with Crippen molar-refractivity contribution in [2.24, 2.45) is 0 Å². The Morgan fingerprint density at radius 3 is 2.39 bits per heavy atom. The van der Waals surface area contributed by atoms with E-state index in [-0.39, 0.29) is 46.1 Å². The number of hydrogen-bond donors (Lipinski definition) is 3. The molecule has 2 aromatic carbocycles. The lowest BCUT2D eigenvalue weighted by atomic mass is 9.91. The second kappa shape index (κ2) is 5.31. The van der Waals surface area contributed by atoms with Crippen molar-refractivity contribution in [1.29, 1.82) is 0 Å². The second-order valence-corrected chi connectivity index (χ2v) is 5.38. The highest BCUT2D eigenvalue weighted by Gasteiger charge is 2.34.